The second-order valence-corrected chi connectivity index (χ2v) is 10.9. The van der Waals surface area contributed by atoms with Gasteiger partial charge in [0, 0.05) is 19.2 Å². The Labute approximate surface area is 230 Å². The molecule has 0 radical (unpaired) electrons. The van der Waals surface area contributed by atoms with Gasteiger partial charge in [-0.3, -0.25) is 29.0 Å². The van der Waals surface area contributed by atoms with Crippen molar-refractivity contribution in [1.82, 2.24) is 19.6 Å². The van der Waals surface area contributed by atoms with Gasteiger partial charge in [-0.2, -0.15) is 0 Å². The van der Waals surface area contributed by atoms with E-state index in [-0.39, 0.29) is 18.5 Å². The minimum atomic E-state index is -1.74. The number of carbonyl (C=O) groups excluding carboxylic acids is 3. The first kappa shape index (κ1) is 24.3. The number of aromatic nitrogens is 2. The van der Waals surface area contributed by atoms with Crippen molar-refractivity contribution in [2.75, 3.05) is 11.4 Å². The molecule has 4 amide bonds. The molecule has 40 heavy (non-hydrogen) atoms. The summed E-state index contributed by atoms with van der Waals surface area (Å²) in [6.07, 6.45) is 2.15. The van der Waals surface area contributed by atoms with Crippen molar-refractivity contribution in [2.24, 2.45) is 5.41 Å². The number of nitrogens with zero attached hydrogens (tertiary/aromatic N) is 4. The van der Waals surface area contributed by atoms with Gasteiger partial charge in [0.1, 0.15) is 11.5 Å². The summed E-state index contributed by atoms with van der Waals surface area (Å²) in [4.78, 5) is 63.6. The molecule has 2 aromatic heterocycles. The highest BCUT2D eigenvalue weighted by Gasteiger charge is 2.64. The van der Waals surface area contributed by atoms with Crippen LogP contribution in [0.4, 0.5) is 10.6 Å². The van der Waals surface area contributed by atoms with E-state index < -0.39 is 29.3 Å². The lowest BCUT2D eigenvalue weighted by atomic mass is 9.65. The lowest BCUT2D eigenvalue weighted by Gasteiger charge is -2.53. The Morgan fingerprint density at radius 1 is 0.975 bits per heavy atom. The fourth-order valence-corrected chi connectivity index (χ4v) is 6.54. The third-order valence-corrected chi connectivity index (χ3v) is 8.56. The second kappa shape index (κ2) is 8.61. The first-order valence-corrected chi connectivity index (χ1v) is 13.4. The molecule has 7 rings (SSSR count). The van der Waals surface area contributed by atoms with Crippen molar-refractivity contribution in [3.8, 4) is 0 Å². The summed E-state index contributed by atoms with van der Waals surface area (Å²) in [6, 6.07) is 17.5. The largest absolute Gasteiger partial charge is 0.347 e. The van der Waals surface area contributed by atoms with Gasteiger partial charge in [0.2, 0.25) is 11.8 Å². The molecular formula is C31H27N5O4. The number of fused-ring (bicyclic) bond motifs is 7. The number of hydrogen-bond donors (Lipinski definition) is 1. The van der Waals surface area contributed by atoms with Gasteiger partial charge in [-0.05, 0) is 48.6 Å². The van der Waals surface area contributed by atoms with Crippen LogP contribution in [-0.4, -0.2) is 38.7 Å². The van der Waals surface area contributed by atoms with E-state index in [0.29, 0.717) is 30.0 Å². The molecule has 9 heteroatoms. The van der Waals surface area contributed by atoms with Crippen molar-refractivity contribution in [1.29, 1.82) is 0 Å². The molecule has 9 nitrogen and oxygen atoms in total. The van der Waals surface area contributed by atoms with E-state index in [9.17, 15) is 19.2 Å². The molecule has 3 aliphatic heterocycles. The SMILES string of the molecule is Cc1ccc(CN2C(=O)NC(=O)[C@@]3(Cc4c(nc5c(C)cccn5c4=O)N4CCc5ccccc5[C@@H]43)C2=O)cc1. The number of nitrogens with one attached hydrogen (secondary N) is 1. The summed E-state index contributed by atoms with van der Waals surface area (Å²) in [7, 11) is 0. The molecule has 1 spiro atoms. The van der Waals surface area contributed by atoms with Crippen molar-refractivity contribution in [3.05, 3.63) is 111 Å². The summed E-state index contributed by atoms with van der Waals surface area (Å²) in [5.41, 5.74) is 3.31. The lowest BCUT2D eigenvalue weighted by Crippen LogP contribution is -2.70. The van der Waals surface area contributed by atoms with E-state index in [4.69, 9.17) is 4.98 Å². The van der Waals surface area contributed by atoms with Gasteiger partial charge in [0.15, 0.2) is 5.41 Å². The Bertz CT molecular complexity index is 1810. The highest BCUT2D eigenvalue weighted by molar-refractivity contribution is 6.20. The molecule has 200 valence electrons. The molecule has 2 atom stereocenters. The van der Waals surface area contributed by atoms with Gasteiger partial charge < -0.3 is 4.90 Å². The molecule has 0 aliphatic carbocycles. The van der Waals surface area contributed by atoms with Crippen molar-refractivity contribution < 1.29 is 14.4 Å². The molecule has 0 unspecified atom stereocenters. The van der Waals surface area contributed by atoms with Crippen LogP contribution in [0, 0.1) is 19.3 Å². The quantitative estimate of drug-likeness (QED) is 0.397. The average Bonchev–Trinajstić information content (AvgIpc) is 2.96. The summed E-state index contributed by atoms with van der Waals surface area (Å²) in [5.74, 6) is -0.798. The minimum Gasteiger partial charge on any atom is -0.347 e. The zero-order valence-electron chi connectivity index (χ0n) is 22.2. The number of amides is 4. The molecule has 1 fully saturated rings. The molecule has 1 saturated heterocycles. The van der Waals surface area contributed by atoms with Crippen LogP contribution in [0.15, 0.2) is 71.7 Å². The minimum absolute atomic E-state index is 0.00927. The van der Waals surface area contributed by atoms with Crippen LogP contribution < -0.4 is 15.8 Å². The molecule has 2 aromatic carbocycles. The molecule has 5 heterocycles. The monoisotopic (exact) mass is 533 g/mol. The van der Waals surface area contributed by atoms with Crippen LogP contribution in [-0.2, 0) is 29.0 Å². The van der Waals surface area contributed by atoms with Gasteiger partial charge >= 0.3 is 6.03 Å². The van der Waals surface area contributed by atoms with E-state index in [1.54, 1.807) is 12.3 Å². The van der Waals surface area contributed by atoms with E-state index in [0.717, 1.165) is 32.7 Å². The number of urea groups is 1. The first-order valence-electron chi connectivity index (χ1n) is 13.4. The van der Waals surface area contributed by atoms with Crippen LogP contribution in [0.3, 0.4) is 0 Å². The molecule has 3 aliphatic rings. The summed E-state index contributed by atoms with van der Waals surface area (Å²) in [5, 5.41) is 2.48. The molecule has 1 N–H and O–H groups in total. The maximum Gasteiger partial charge on any atom is 0.331 e. The van der Waals surface area contributed by atoms with Crippen LogP contribution in [0.1, 0.15) is 39.4 Å². The van der Waals surface area contributed by atoms with Gasteiger partial charge in [-0.1, -0.05) is 60.2 Å². The average molecular weight is 534 g/mol. The third kappa shape index (κ3) is 3.30. The number of carbonyl (C=O) groups is 3. The lowest BCUT2D eigenvalue weighted by molar-refractivity contribution is -0.154. The smallest absolute Gasteiger partial charge is 0.331 e. The predicted molar refractivity (Wildman–Crippen MR) is 148 cm³/mol. The van der Waals surface area contributed by atoms with Crippen LogP contribution in [0.5, 0.6) is 0 Å². The Morgan fingerprint density at radius 2 is 1.75 bits per heavy atom. The zero-order valence-corrected chi connectivity index (χ0v) is 22.2. The highest BCUT2D eigenvalue weighted by atomic mass is 16.2. The Balaban J connectivity index is 1.46. The summed E-state index contributed by atoms with van der Waals surface area (Å²) in [6.45, 7) is 4.34. The predicted octanol–water partition coefficient (Wildman–Crippen LogP) is 3.24. The number of pyridine rings is 1. The van der Waals surface area contributed by atoms with Gasteiger partial charge in [0.05, 0.1) is 18.2 Å². The zero-order chi connectivity index (χ0) is 27.8. The number of imide groups is 2. The fourth-order valence-electron chi connectivity index (χ4n) is 6.54. The van der Waals surface area contributed by atoms with Crippen molar-refractivity contribution >= 4 is 29.3 Å². The van der Waals surface area contributed by atoms with Crippen molar-refractivity contribution in [3.63, 3.8) is 0 Å². The maximum atomic E-state index is 14.6. The maximum absolute atomic E-state index is 14.6. The number of barbiturate groups is 1. The number of aryl methyl sites for hydroxylation is 2. The third-order valence-electron chi connectivity index (χ3n) is 8.56. The number of hydrogen-bond acceptors (Lipinski definition) is 6. The molecule has 4 aromatic rings. The van der Waals surface area contributed by atoms with E-state index in [2.05, 4.69) is 5.32 Å². The molecular weight excluding hydrogens is 506 g/mol. The second-order valence-electron chi connectivity index (χ2n) is 10.9. The van der Waals surface area contributed by atoms with Crippen molar-refractivity contribution in [2.45, 2.75) is 39.3 Å². The highest BCUT2D eigenvalue weighted by Crippen LogP contribution is 2.52. The number of benzene rings is 2. The van der Waals surface area contributed by atoms with Crippen LogP contribution in [0.2, 0.25) is 0 Å². The number of anilines is 1. The Kier molecular flexibility index (Phi) is 5.22. The summed E-state index contributed by atoms with van der Waals surface area (Å²) < 4.78 is 1.47. The summed E-state index contributed by atoms with van der Waals surface area (Å²) >= 11 is 0. The van der Waals surface area contributed by atoms with E-state index in [1.807, 2.05) is 73.3 Å². The Morgan fingerprint density at radius 3 is 2.55 bits per heavy atom. The fraction of sp³-hybridized carbons (Fsp3) is 0.258. The van der Waals surface area contributed by atoms with E-state index >= 15 is 0 Å². The van der Waals surface area contributed by atoms with Gasteiger partial charge in [-0.25, -0.2) is 9.78 Å². The first-order chi connectivity index (χ1) is 19.3. The topological polar surface area (TPSA) is 104 Å². The standard InChI is InChI=1S/C31H27N5O4/c1-18-9-11-20(12-10-18)17-36-29(39)31(28(38)33-30(36)40)16-23-26(32-25-19(2)6-5-14-35(25)27(23)37)34-15-13-21-7-3-4-8-22(21)24(31)34/h3-12,14,24H,13,15-17H2,1-2H3,(H,33,38,40)/t24-,31+/m1/s1. The van der Waals surface area contributed by atoms with Gasteiger partial charge in [0.25, 0.3) is 5.56 Å². The Hall–Kier alpha value is -4.79. The van der Waals surface area contributed by atoms with E-state index in [1.165, 1.54) is 4.40 Å². The molecule has 0 bridgehead atoms. The van der Waals surface area contributed by atoms with Crippen LogP contribution in [0.25, 0.3) is 5.65 Å². The number of rotatable bonds is 2. The van der Waals surface area contributed by atoms with Gasteiger partial charge in [-0.15, -0.1) is 0 Å². The normalized spacial score (nSPS) is 21.8. The van der Waals surface area contributed by atoms with Crippen LogP contribution >= 0.6 is 0 Å². The molecule has 0 saturated carbocycles.